The zero-order valence-corrected chi connectivity index (χ0v) is 10.9. The second-order valence-electron chi connectivity index (χ2n) is 4.51. The second-order valence-corrected chi connectivity index (χ2v) is 4.51. The van der Waals surface area contributed by atoms with E-state index in [0.717, 1.165) is 5.56 Å². The summed E-state index contributed by atoms with van der Waals surface area (Å²) in [5.74, 6) is 0.267. The molecule has 100 valence electrons. The average molecular weight is 252 g/mol. The molecule has 1 unspecified atom stereocenters. The van der Waals surface area contributed by atoms with Crippen molar-refractivity contribution in [2.75, 3.05) is 7.11 Å². The number of carbonyl (C=O) groups excluding carboxylic acids is 1. The summed E-state index contributed by atoms with van der Waals surface area (Å²) in [6.07, 6.45) is 0. The smallest absolute Gasteiger partial charge is 0.234 e. The molecule has 0 bridgehead atoms. The fourth-order valence-electron chi connectivity index (χ4n) is 1.72. The number of hydrogen-bond donors (Lipinski definition) is 3. The van der Waals surface area contributed by atoms with E-state index in [1.807, 2.05) is 13.8 Å². The summed E-state index contributed by atoms with van der Waals surface area (Å²) in [5, 5.41) is 12.6. The molecule has 5 heteroatoms. The van der Waals surface area contributed by atoms with E-state index in [4.69, 9.17) is 10.5 Å². The third-order valence-electron chi connectivity index (χ3n) is 2.74. The maximum absolute atomic E-state index is 11.2. The van der Waals surface area contributed by atoms with Gasteiger partial charge >= 0.3 is 0 Å². The summed E-state index contributed by atoms with van der Waals surface area (Å²) in [6, 6.07) is 4.68. The number of carbonyl (C=O) groups is 1. The van der Waals surface area contributed by atoms with Crippen molar-refractivity contribution in [3.8, 4) is 11.5 Å². The minimum absolute atomic E-state index is 0.0940. The van der Waals surface area contributed by atoms with Crippen LogP contribution in [0.15, 0.2) is 18.2 Å². The fourth-order valence-corrected chi connectivity index (χ4v) is 1.72. The van der Waals surface area contributed by atoms with Crippen LogP contribution in [0.3, 0.4) is 0 Å². The Balaban J connectivity index is 2.70. The zero-order valence-electron chi connectivity index (χ0n) is 10.9. The number of rotatable bonds is 6. The van der Waals surface area contributed by atoms with Crippen LogP contribution < -0.4 is 15.8 Å². The number of phenolic OH excluding ortho intramolecular Hbond substituents is 1. The van der Waals surface area contributed by atoms with Crippen molar-refractivity contribution in [1.29, 1.82) is 0 Å². The first-order chi connectivity index (χ1) is 8.45. The second kappa shape index (κ2) is 6.26. The van der Waals surface area contributed by atoms with Gasteiger partial charge in [-0.05, 0) is 23.6 Å². The molecule has 0 fully saturated rings. The molecule has 0 heterocycles. The van der Waals surface area contributed by atoms with Gasteiger partial charge in [0.15, 0.2) is 11.5 Å². The van der Waals surface area contributed by atoms with E-state index in [1.165, 1.54) is 7.11 Å². The number of hydrogen-bond acceptors (Lipinski definition) is 4. The Morgan fingerprint density at radius 1 is 1.50 bits per heavy atom. The van der Waals surface area contributed by atoms with E-state index in [2.05, 4.69) is 5.32 Å². The number of nitrogens with one attached hydrogen (secondary N) is 1. The molecule has 0 aliphatic carbocycles. The molecule has 5 nitrogen and oxygen atoms in total. The molecule has 1 atom stereocenters. The minimum Gasteiger partial charge on any atom is -0.504 e. The van der Waals surface area contributed by atoms with Crippen LogP contribution in [-0.2, 0) is 11.3 Å². The van der Waals surface area contributed by atoms with E-state index < -0.39 is 0 Å². The van der Waals surface area contributed by atoms with E-state index in [9.17, 15) is 9.90 Å². The van der Waals surface area contributed by atoms with Gasteiger partial charge in [0.25, 0.3) is 0 Å². The molecular weight excluding hydrogens is 232 g/mol. The Kier molecular flexibility index (Phi) is 4.97. The number of methoxy groups -OCH3 is 1. The molecule has 1 rings (SSSR count). The van der Waals surface area contributed by atoms with Crippen LogP contribution in [0.1, 0.15) is 19.4 Å². The molecular formula is C13H20N2O3. The summed E-state index contributed by atoms with van der Waals surface area (Å²) >= 11 is 0. The minimum atomic E-state index is -0.371. The van der Waals surface area contributed by atoms with E-state index >= 15 is 0 Å². The molecule has 1 aromatic carbocycles. The van der Waals surface area contributed by atoms with Gasteiger partial charge in [-0.25, -0.2) is 0 Å². The summed E-state index contributed by atoms with van der Waals surface area (Å²) in [5.41, 5.74) is 6.23. The van der Waals surface area contributed by atoms with Crippen molar-refractivity contribution >= 4 is 5.91 Å². The van der Waals surface area contributed by atoms with Gasteiger partial charge < -0.3 is 20.9 Å². The topological polar surface area (TPSA) is 84.6 Å². The Hall–Kier alpha value is -1.75. The van der Waals surface area contributed by atoms with Crippen LogP contribution >= 0.6 is 0 Å². The maximum Gasteiger partial charge on any atom is 0.234 e. The van der Waals surface area contributed by atoms with Gasteiger partial charge in [0.2, 0.25) is 5.91 Å². The first-order valence-corrected chi connectivity index (χ1v) is 5.84. The van der Waals surface area contributed by atoms with Crippen LogP contribution in [0.2, 0.25) is 0 Å². The SMILES string of the molecule is COc1cc(CNC(C(N)=O)C(C)C)ccc1O. The van der Waals surface area contributed by atoms with Gasteiger partial charge in [0, 0.05) is 6.54 Å². The van der Waals surface area contributed by atoms with Crippen molar-refractivity contribution < 1.29 is 14.6 Å². The molecule has 0 saturated carbocycles. The lowest BCUT2D eigenvalue weighted by Gasteiger charge is -2.19. The van der Waals surface area contributed by atoms with Crippen molar-refractivity contribution in [3.63, 3.8) is 0 Å². The molecule has 0 aliphatic heterocycles. The monoisotopic (exact) mass is 252 g/mol. The van der Waals surface area contributed by atoms with Crippen LogP contribution in [-0.4, -0.2) is 24.2 Å². The summed E-state index contributed by atoms with van der Waals surface area (Å²) in [6.45, 7) is 4.35. The summed E-state index contributed by atoms with van der Waals surface area (Å²) in [7, 11) is 1.49. The van der Waals surface area contributed by atoms with Crippen LogP contribution in [0, 0.1) is 5.92 Å². The molecule has 0 radical (unpaired) electrons. The lowest BCUT2D eigenvalue weighted by molar-refractivity contribution is -0.121. The van der Waals surface area contributed by atoms with Gasteiger partial charge in [0.05, 0.1) is 13.2 Å². The molecule has 0 spiro atoms. The molecule has 0 aromatic heterocycles. The first-order valence-electron chi connectivity index (χ1n) is 5.84. The number of primary amides is 1. The normalized spacial score (nSPS) is 12.4. The van der Waals surface area contributed by atoms with Crippen molar-refractivity contribution in [2.24, 2.45) is 11.7 Å². The summed E-state index contributed by atoms with van der Waals surface area (Å²) < 4.78 is 5.02. The van der Waals surface area contributed by atoms with Crippen LogP contribution in [0.5, 0.6) is 11.5 Å². The van der Waals surface area contributed by atoms with Gasteiger partial charge in [-0.15, -0.1) is 0 Å². The molecule has 1 aromatic rings. The van der Waals surface area contributed by atoms with E-state index in [1.54, 1.807) is 18.2 Å². The van der Waals surface area contributed by atoms with Crippen molar-refractivity contribution in [2.45, 2.75) is 26.4 Å². The largest absolute Gasteiger partial charge is 0.504 e. The predicted octanol–water partition coefficient (Wildman–Crippen LogP) is 1.00. The number of amides is 1. The highest BCUT2D eigenvalue weighted by molar-refractivity contribution is 5.80. The van der Waals surface area contributed by atoms with E-state index in [0.29, 0.717) is 12.3 Å². The highest BCUT2D eigenvalue weighted by Gasteiger charge is 2.18. The first kappa shape index (κ1) is 14.3. The average Bonchev–Trinajstić information content (AvgIpc) is 2.30. The third kappa shape index (κ3) is 3.63. The predicted molar refractivity (Wildman–Crippen MR) is 69.3 cm³/mol. The molecule has 18 heavy (non-hydrogen) atoms. The number of benzene rings is 1. The molecule has 0 aliphatic rings. The highest BCUT2D eigenvalue weighted by atomic mass is 16.5. The standard InChI is InChI=1S/C13H20N2O3/c1-8(2)12(13(14)17)15-7-9-4-5-10(16)11(6-9)18-3/h4-6,8,12,15-16H,7H2,1-3H3,(H2,14,17). The molecule has 0 saturated heterocycles. The zero-order chi connectivity index (χ0) is 13.7. The van der Waals surface area contributed by atoms with Crippen molar-refractivity contribution in [3.05, 3.63) is 23.8 Å². The Labute approximate surface area is 107 Å². The Morgan fingerprint density at radius 3 is 2.67 bits per heavy atom. The highest BCUT2D eigenvalue weighted by Crippen LogP contribution is 2.26. The lowest BCUT2D eigenvalue weighted by Crippen LogP contribution is -2.44. The van der Waals surface area contributed by atoms with Crippen molar-refractivity contribution in [1.82, 2.24) is 5.32 Å². The molecule has 1 amide bonds. The van der Waals surface area contributed by atoms with Gasteiger partial charge in [-0.3, -0.25) is 4.79 Å². The quantitative estimate of drug-likeness (QED) is 0.705. The Bertz CT molecular complexity index is 419. The third-order valence-corrected chi connectivity index (χ3v) is 2.74. The number of phenols is 1. The Morgan fingerprint density at radius 2 is 2.17 bits per heavy atom. The number of nitrogens with two attached hydrogens (primary N) is 1. The fraction of sp³-hybridized carbons (Fsp3) is 0.462. The van der Waals surface area contributed by atoms with Crippen LogP contribution in [0.25, 0.3) is 0 Å². The van der Waals surface area contributed by atoms with Gasteiger partial charge in [-0.1, -0.05) is 19.9 Å². The maximum atomic E-state index is 11.2. The van der Waals surface area contributed by atoms with Crippen LogP contribution in [0.4, 0.5) is 0 Å². The molecule has 4 N–H and O–H groups in total. The van der Waals surface area contributed by atoms with Gasteiger partial charge in [0.1, 0.15) is 0 Å². The number of aromatic hydroxyl groups is 1. The summed E-state index contributed by atoms with van der Waals surface area (Å²) in [4.78, 5) is 11.2. The number of ether oxygens (including phenoxy) is 1. The lowest BCUT2D eigenvalue weighted by atomic mass is 10.0. The van der Waals surface area contributed by atoms with Gasteiger partial charge in [-0.2, -0.15) is 0 Å². The van der Waals surface area contributed by atoms with E-state index in [-0.39, 0.29) is 23.6 Å².